The van der Waals surface area contributed by atoms with Crippen molar-refractivity contribution in [3.05, 3.63) is 29.3 Å². The summed E-state index contributed by atoms with van der Waals surface area (Å²) in [5, 5.41) is 2.72. The number of nitrogens with two attached hydrogens (primary N) is 1. The SMILES string of the molecule is CC(C)NC(=O)CCN1C(=O)c2ccc(N)cc2C1=O. The standard InChI is InChI=1S/C14H17N3O3/c1-8(2)16-12(18)5-6-17-13(19)10-4-3-9(15)7-11(10)14(17)20/h3-4,7-8H,5-6,15H2,1-2H3,(H,16,18). The number of hydrogen-bond donors (Lipinski definition) is 2. The Kier molecular flexibility index (Phi) is 3.74. The number of nitrogens with zero attached hydrogens (tertiary/aromatic N) is 1. The third kappa shape index (κ3) is 2.64. The molecule has 0 atom stereocenters. The molecule has 0 saturated carbocycles. The first-order valence-corrected chi connectivity index (χ1v) is 6.45. The summed E-state index contributed by atoms with van der Waals surface area (Å²) in [5.74, 6) is -0.951. The highest BCUT2D eigenvalue weighted by molar-refractivity contribution is 6.21. The molecule has 20 heavy (non-hydrogen) atoms. The highest BCUT2D eigenvalue weighted by atomic mass is 16.2. The van der Waals surface area contributed by atoms with Gasteiger partial charge < -0.3 is 11.1 Å². The van der Waals surface area contributed by atoms with Gasteiger partial charge in [-0.2, -0.15) is 0 Å². The highest BCUT2D eigenvalue weighted by Gasteiger charge is 2.35. The number of carbonyl (C=O) groups excluding carboxylic acids is 3. The lowest BCUT2D eigenvalue weighted by Gasteiger charge is -2.14. The number of nitrogen functional groups attached to an aromatic ring is 1. The first-order chi connectivity index (χ1) is 9.40. The average molecular weight is 275 g/mol. The topological polar surface area (TPSA) is 92.5 Å². The molecule has 1 aliphatic rings. The van der Waals surface area contributed by atoms with Crippen LogP contribution in [0.1, 0.15) is 41.0 Å². The van der Waals surface area contributed by atoms with E-state index in [-0.39, 0.29) is 30.8 Å². The minimum Gasteiger partial charge on any atom is -0.399 e. The molecule has 106 valence electrons. The van der Waals surface area contributed by atoms with Crippen molar-refractivity contribution in [2.45, 2.75) is 26.3 Å². The van der Waals surface area contributed by atoms with E-state index in [9.17, 15) is 14.4 Å². The predicted molar refractivity (Wildman–Crippen MR) is 74.1 cm³/mol. The number of nitrogens with one attached hydrogen (secondary N) is 1. The van der Waals surface area contributed by atoms with Crippen LogP contribution in [0.4, 0.5) is 5.69 Å². The zero-order chi connectivity index (χ0) is 14.9. The van der Waals surface area contributed by atoms with E-state index >= 15 is 0 Å². The third-order valence-electron chi connectivity index (χ3n) is 3.01. The van der Waals surface area contributed by atoms with Crippen LogP contribution in [0.25, 0.3) is 0 Å². The van der Waals surface area contributed by atoms with E-state index < -0.39 is 5.91 Å². The van der Waals surface area contributed by atoms with Crippen molar-refractivity contribution < 1.29 is 14.4 Å². The summed E-state index contributed by atoms with van der Waals surface area (Å²) in [6.45, 7) is 3.77. The molecular formula is C14H17N3O3. The molecule has 2 rings (SSSR count). The van der Waals surface area contributed by atoms with Crippen LogP contribution in [-0.2, 0) is 4.79 Å². The van der Waals surface area contributed by atoms with Gasteiger partial charge in [0.25, 0.3) is 11.8 Å². The van der Waals surface area contributed by atoms with Gasteiger partial charge in [-0.05, 0) is 32.0 Å². The van der Waals surface area contributed by atoms with E-state index in [2.05, 4.69) is 5.32 Å². The van der Waals surface area contributed by atoms with Crippen molar-refractivity contribution in [3.63, 3.8) is 0 Å². The van der Waals surface area contributed by atoms with Gasteiger partial charge in [0.1, 0.15) is 0 Å². The lowest BCUT2D eigenvalue weighted by atomic mass is 10.1. The van der Waals surface area contributed by atoms with E-state index in [1.165, 1.54) is 6.07 Å². The van der Waals surface area contributed by atoms with Crippen molar-refractivity contribution in [2.24, 2.45) is 0 Å². The molecule has 0 radical (unpaired) electrons. The zero-order valence-corrected chi connectivity index (χ0v) is 11.5. The van der Waals surface area contributed by atoms with Gasteiger partial charge in [-0.1, -0.05) is 0 Å². The van der Waals surface area contributed by atoms with E-state index in [1.54, 1.807) is 12.1 Å². The molecule has 1 heterocycles. The van der Waals surface area contributed by atoms with E-state index in [4.69, 9.17) is 5.73 Å². The summed E-state index contributed by atoms with van der Waals surface area (Å²) in [6.07, 6.45) is 0.0964. The molecule has 0 fully saturated rings. The van der Waals surface area contributed by atoms with Crippen LogP contribution in [-0.4, -0.2) is 35.2 Å². The number of fused-ring (bicyclic) bond motifs is 1. The van der Waals surface area contributed by atoms with Crippen LogP contribution >= 0.6 is 0 Å². The second-order valence-electron chi connectivity index (χ2n) is 5.04. The number of benzene rings is 1. The molecule has 0 spiro atoms. The van der Waals surface area contributed by atoms with Crippen molar-refractivity contribution in [3.8, 4) is 0 Å². The van der Waals surface area contributed by atoms with Crippen LogP contribution in [0.5, 0.6) is 0 Å². The van der Waals surface area contributed by atoms with Crippen molar-refractivity contribution in [1.29, 1.82) is 0 Å². The lowest BCUT2D eigenvalue weighted by molar-refractivity contribution is -0.121. The number of rotatable bonds is 4. The summed E-state index contributed by atoms with van der Waals surface area (Å²) in [7, 11) is 0. The van der Waals surface area contributed by atoms with Gasteiger partial charge in [0.2, 0.25) is 5.91 Å². The van der Waals surface area contributed by atoms with Crippen LogP contribution in [0.3, 0.4) is 0 Å². The van der Waals surface area contributed by atoms with Gasteiger partial charge in [0.05, 0.1) is 11.1 Å². The molecule has 1 aliphatic heterocycles. The van der Waals surface area contributed by atoms with Gasteiger partial charge in [0, 0.05) is 24.7 Å². The van der Waals surface area contributed by atoms with Crippen molar-refractivity contribution in [2.75, 3.05) is 12.3 Å². The Hall–Kier alpha value is -2.37. The molecule has 3 N–H and O–H groups in total. The maximum atomic E-state index is 12.1. The average Bonchev–Trinajstić information content (AvgIpc) is 2.59. The largest absolute Gasteiger partial charge is 0.399 e. The molecule has 6 nitrogen and oxygen atoms in total. The molecular weight excluding hydrogens is 258 g/mol. The van der Waals surface area contributed by atoms with Gasteiger partial charge in [-0.15, -0.1) is 0 Å². The smallest absolute Gasteiger partial charge is 0.261 e. The van der Waals surface area contributed by atoms with E-state index in [0.717, 1.165) is 4.90 Å². The van der Waals surface area contributed by atoms with Crippen LogP contribution in [0.15, 0.2) is 18.2 Å². The first-order valence-electron chi connectivity index (χ1n) is 6.45. The number of anilines is 1. The van der Waals surface area contributed by atoms with Crippen LogP contribution < -0.4 is 11.1 Å². The Balaban J connectivity index is 2.07. The van der Waals surface area contributed by atoms with Gasteiger partial charge >= 0.3 is 0 Å². The normalized spacial score (nSPS) is 13.8. The van der Waals surface area contributed by atoms with Crippen molar-refractivity contribution in [1.82, 2.24) is 10.2 Å². The first kappa shape index (κ1) is 14.0. The molecule has 0 aromatic heterocycles. The Morgan fingerprint density at radius 2 is 1.90 bits per heavy atom. The summed E-state index contributed by atoms with van der Waals surface area (Å²) < 4.78 is 0. The molecule has 0 unspecified atom stereocenters. The summed E-state index contributed by atoms with van der Waals surface area (Å²) in [5.41, 5.74) is 6.70. The monoisotopic (exact) mass is 275 g/mol. The molecule has 0 bridgehead atoms. The Morgan fingerprint density at radius 3 is 2.55 bits per heavy atom. The highest BCUT2D eigenvalue weighted by Crippen LogP contribution is 2.24. The molecule has 0 saturated heterocycles. The zero-order valence-electron chi connectivity index (χ0n) is 11.5. The fourth-order valence-corrected chi connectivity index (χ4v) is 2.12. The van der Waals surface area contributed by atoms with Gasteiger partial charge in [-0.25, -0.2) is 0 Å². The fraction of sp³-hybridized carbons (Fsp3) is 0.357. The molecule has 1 aromatic carbocycles. The molecule has 6 heteroatoms. The molecule has 3 amide bonds. The number of imide groups is 1. The minimum absolute atomic E-state index is 0.0319. The number of carbonyl (C=O) groups is 3. The molecule has 0 aliphatic carbocycles. The maximum absolute atomic E-state index is 12.1. The molecule has 1 aromatic rings. The summed E-state index contributed by atoms with van der Waals surface area (Å²) in [6, 6.07) is 4.64. The third-order valence-corrected chi connectivity index (χ3v) is 3.01. The number of amides is 3. The summed E-state index contributed by atoms with van der Waals surface area (Å²) >= 11 is 0. The van der Waals surface area contributed by atoms with E-state index in [0.29, 0.717) is 16.8 Å². The fourth-order valence-electron chi connectivity index (χ4n) is 2.12. The summed E-state index contributed by atoms with van der Waals surface area (Å²) in [4.78, 5) is 36.9. The lowest BCUT2D eigenvalue weighted by Crippen LogP contribution is -2.36. The van der Waals surface area contributed by atoms with E-state index in [1.807, 2.05) is 13.8 Å². The Bertz CT molecular complexity index is 581. The van der Waals surface area contributed by atoms with Crippen LogP contribution in [0, 0.1) is 0 Å². The second kappa shape index (κ2) is 5.32. The number of hydrogen-bond acceptors (Lipinski definition) is 4. The minimum atomic E-state index is -0.394. The second-order valence-corrected chi connectivity index (χ2v) is 5.04. The Morgan fingerprint density at radius 1 is 1.25 bits per heavy atom. The quantitative estimate of drug-likeness (QED) is 0.627. The van der Waals surface area contributed by atoms with Gasteiger partial charge in [-0.3, -0.25) is 19.3 Å². The predicted octanol–water partition coefficient (Wildman–Crippen LogP) is 0.779. The van der Waals surface area contributed by atoms with Crippen molar-refractivity contribution >= 4 is 23.4 Å². The van der Waals surface area contributed by atoms with Crippen LogP contribution in [0.2, 0.25) is 0 Å². The van der Waals surface area contributed by atoms with Gasteiger partial charge in [0.15, 0.2) is 0 Å². The Labute approximate surface area is 116 Å². The maximum Gasteiger partial charge on any atom is 0.261 e.